The number of rotatable bonds is 1. The van der Waals surface area contributed by atoms with Gasteiger partial charge in [-0.3, -0.25) is 0 Å². The van der Waals surface area contributed by atoms with E-state index in [1.807, 2.05) is 6.92 Å². The molecule has 0 fully saturated rings. The summed E-state index contributed by atoms with van der Waals surface area (Å²) in [6.07, 6.45) is 0. The van der Waals surface area contributed by atoms with Crippen LogP contribution in [0.4, 0.5) is 0 Å². The summed E-state index contributed by atoms with van der Waals surface area (Å²) in [7, 11) is 1.62. The lowest BCUT2D eigenvalue weighted by atomic mass is 10.3. The first-order chi connectivity index (χ1) is 6.89. The van der Waals surface area contributed by atoms with Crippen molar-refractivity contribution in [2.75, 3.05) is 0 Å². The third-order valence-corrected chi connectivity index (χ3v) is 5.25. The van der Waals surface area contributed by atoms with Crippen LogP contribution in [-0.4, -0.2) is 13.4 Å². The Morgan fingerprint density at radius 3 is 2.73 bits per heavy atom. The van der Waals surface area contributed by atoms with Gasteiger partial charge in [-0.2, -0.15) is 0 Å². The van der Waals surface area contributed by atoms with Gasteiger partial charge in [0, 0.05) is 15.2 Å². The maximum absolute atomic E-state index is 11.4. The number of aromatic nitrogens is 1. The molecule has 2 aromatic rings. The second kappa shape index (κ2) is 3.69. The molecule has 0 bridgehead atoms. The van der Waals surface area contributed by atoms with Gasteiger partial charge in [0.1, 0.15) is 4.90 Å². The van der Waals surface area contributed by atoms with E-state index in [9.17, 15) is 8.42 Å². The first kappa shape index (κ1) is 11.3. The summed E-state index contributed by atoms with van der Waals surface area (Å²) in [5.41, 5.74) is 0.653. The molecule has 0 saturated carbocycles. The third kappa shape index (κ3) is 2.04. The fourth-order valence-electron chi connectivity index (χ4n) is 1.28. The van der Waals surface area contributed by atoms with Gasteiger partial charge >= 0.3 is 0 Å². The van der Waals surface area contributed by atoms with E-state index in [1.54, 1.807) is 12.1 Å². The Morgan fingerprint density at radius 2 is 2.13 bits per heavy atom. The fraction of sp³-hybridized carbons (Fsp3) is 0.125. The summed E-state index contributed by atoms with van der Waals surface area (Å²) in [4.78, 5) is 4.31. The molecule has 1 aromatic carbocycles. The number of benzene rings is 1. The van der Waals surface area contributed by atoms with Crippen LogP contribution in [0.5, 0.6) is 0 Å². The Hall–Kier alpha value is -0.170. The lowest BCUT2D eigenvalue weighted by Gasteiger charge is -2.00. The zero-order valence-electron chi connectivity index (χ0n) is 7.49. The van der Waals surface area contributed by atoms with Gasteiger partial charge in [0.25, 0.3) is 9.05 Å². The van der Waals surface area contributed by atoms with Crippen LogP contribution in [0.3, 0.4) is 0 Å². The second-order valence-corrected chi connectivity index (χ2v) is 7.46. The van der Waals surface area contributed by atoms with Gasteiger partial charge in [-0.25, -0.2) is 13.4 Å². The molecule has 15 heavy (non-hydrogen) atoms. The van der Waals surface area contributed by atoms with Gasteiger partial charge in [0.05, 0.1) is 15.2 Å². The van der Waals surface area contributed by atoms with Crippen molar-refractivity contribution < 1.29 is 8.42 Å². The predicted octanol–water partition coefficient (Wildman–Crippen LogP) is 3.29. The van der Waals surface area contributed by atoms with E-state index in [4.69, 9.17) is 10.7 Å². The smallest absolute Gasteiger partial charge is 0.241 e. The number of hydrogen-bond acceptors (Lipinski definition) is 4. The number of thiazole rings is 1. The Balaban J connectivity index is 2.98. The minimum Gasteiger partial charge on any atom is -0.241 e. The predicted molar refractivity (Wildman–Crippen MR) is 65.1 cm³/mol. The standard InChI is InChI=1S/C8H5BrClNO2S2/c1-4-11-6-3-2-5(9)8(7(6)14-4)15(10,12)13/h2-3H,1H3. The highest BCUT2D eigenvalue weighted by atomic mass is 79.9. The van der Waals surface area contributed by atoms with Crippen molar-refractivity contribution in [2.24, 2.45) is 0 Å². The van der Waals surface area contributed by atoms with Gasteiger partial charge in [0.15, 0.2) is 0 Å². The molecule has 2 rings (SSSR count). The van der Waals surface area contributed by atoms with E-state index in [0.717, 1.165) is 5.01 Å². The molecule has 0 spiro atoms. The zero-order valence-corrected chi connectivity index (χ0v) is 11.5. The molecule has 1 heterocycles. The van der Waals surface area contributed by atoms with Crippen LogP contribution < -0.4 is 0 Å². The molecule has 0 saturated heterocycles. The van der Waals surface area contributed by atoms with Crippen molar-refractivity contribution >= 4 is 57.2 Å². The topological polar surface area (TPSA) is 47.0 Å². The molecule has 0 aliphatic rings. The van der Waals surface area contributed by atoms with Gasteiger partial charge in [-0.1, -0.05) is 0 Å². The summed E-state index contributed by atoms with van der Waals surface area (Å²) in [6, 6.07) is 3.39. The Labute approximate surface area is 104 Å². The molecular formula is C8H5BrClNO2S2. The van der Waals surface area contributed by atoms with Crippen LogP contribution in [0.15, 0.2) is 21.5 Å². The largest absolute Gasteiger partial charge is 0.263 e. The monoisotopic (exact) mass is 325 g/mol. The summed E-state index contributed by atoms with van der Waals surface area (Å²) in [5.74, 6) is 0. The highest BCUT2D eigenvalue weighted by Crippen LogP contribution is 2.35. The Bertz CT molecular complexity index is 635. The minimum absolute atomic E-state index is 0.104. The van der Waals surface area contributed by atoms with Gasteiger partial charge in [-0.05, 0) is 35.0 Å². The van der Waals surface area contributed by atoms with Crippen LogP contribution in [0.2, 0.25) is 0 Å². The molecule has 0 N–H and O–H groups in total. The van der Waals surface area contributed by atoms with Crippen molar-refractivity contribution in [2.45, 2.75) is 11.8 Å². The van der Waals surface area contributed by atoms with E-state index < -0.39 is 9.05 Å². The Kier molecular flexibility index (Phi) is 2.79. The van der Waals surface area contributed by atoms with Gasteiger partial charge in [-0.15, -0.1) is 11.3 Å². The first-order valence-corrected chi connectivity index (χ1v) is 7.82. The third-order valence-electron chi connectivity index (χ3n) is 1.81. The number of fused-ring (bicyclic) bond motifs is 1. The summed E-state index contributed by atoms with van der Waals surface area (Å²) in [6.45, 7) is 1.82. The Morgan fingerprint density at radius 1 is 1.47 bits per heavy atom. The van der Waals surface area contributed by atoms with Crippen LogP contribution in [-0.2, 0) is 9.05 Å². The zero-order chi connectivity index (χ0) is 11.2. The van der Waals surface area contributed by atoms with Crippen molar-refractivity contribution in [3.05, 3.63) is 21.6 Å². The molecule has 7 heteroatoms. The molecule has 0 atom stereocenters. The SMILES string of the molecule is Cc1nc2ccc(Br)c(S(=O)(=O)Cl)c2s1. The first-order valence-electron chi connectivity index (χ1n) is 3.90. The molecule has 1 aromatic heterocycles. The van der Waals surface area contributed by atoms with Crippen LogP contribution in [0, 0.1) is 6.92 Å². The van der Waals surface area contributed by atoms with E-state index in [1.165, 1.54) is 11.3 Å². The number of halogens is 2. The maximum Gasteiger partial charge on any atom is 0.263 e. The van der Waals surface area contributed by atoms with E-state index in [2.05, 4.69) is 20.9 Å². The number of nitrogens with zero attached hydrogens (tertiary/aromatic N) is 1. The minimum atomic E-state index is -3.75. The van der Waals surface area contributed by atoms with E-state index in [-0.39, 0.29) is 4.90 Å². The lowest BCUT2D eigenvalue weighted by Crippen LogP contribution is -1.92. The molecule has 80 valence electrons. The highest BCUT2D eigenvalue weighted by molar-refractivity contribution is 9.10. The van der Waals surface area contributed by atoms with Gasteiger partial charge < -0.3 is 0 Å². The quantitative estimate of drug-likeness (QED) is 0.755. The number of aryl methyl sites for hydroxylation is 1. The average Bonchev–Trinajstić information content (AvgIpc) is 2.41. The summed E-state index contributed by atoms with van der Waals surface area (Å²) in [5, 5.41) is 0.810. The maximum atomic E-state index is 11.4. The van der Waals surface area contributed by atoms with Gasteiger partial charge in [0.2, 0.25) is 0 Å². The molecule has 0 unspecified atom stereocenters. The molecular weight excluding hydrogens is 322 g/mol. The van der Waals surface area contributed by atoms with Crippen LogP contribution in [0.1, 0.15) is 5.01 Å². The van der Waals surface area contributed by atoms with Crippen molar-refractivity contribution in [1.29, 1.82) is 0 Å². The molecule has 0 amide bonds. The van der Waals surface area contributed by atoms with E-state index >= 15 is 0 Å². The van der Waals surface area contributed by atoms with Crippen molar-refractivity contribution in [3.8, 4) is 0 Å². The molecule has 0 radical (unpaired) electrons. The van der Waals surface area contributed by atoms with Crippen molar-refractivity contribution in [3.63, 3.8) is 0 Å². The van der Waals surface area contributed by atoms with Crippen molar-refractivity contribution in [1.82, 2.24) is 4.98 Å². The summed E-state index contributed by atoms with van der Waals surface area (Å²) < 4.78 is 23.8. The van der Waals surface area contributed by atoms with Crippen LogP contribution in [0.25, 0.3) is 10.2 Å². The van der Waals surface area contributed by atoms with Crippen LogP contribution >= 0.6 is 37.9 Å². The second-order valence-electron chi connectivity index (χ2n) is 2.90. The lowest BCUT2D eigenvalue weighted by molar-refractivity contribution is 0.610. The van der Waals surface area contributed by atoms with E-state index in [0.29, 0.717) is 14.7 Å². The molecule has 0 aliphatic carbocycles. The molecule has 3 nitrogen and oxygen atoms in total. The average molecular weight is 327 g/mol. The fourth-order valence-corrected chi connectivity index (χ4v) is 5.22. The highest BCUT2D eigenvalue weighted by Gasteiger charge is 2.20. The normalized spacial score (nSPS) is 12.2. The molecule has 0 aliphatic heterocycles. The number of hydrogen-bond donors (Lipinski definition) is 0. The summed E-state index contributed by atoms with van der Waals surface area (Å²) >= 11 is 4.49.